The number of H-pyrrole nitrogens is 1. The summed E-state index contributed by atoms with van der Waals surface area (Å²) < 4.78 is 7.20. The molecule has 1 amide bonds. The predicted molar refractivity (Wildman–Crippen MR) is 116 cm³/mol. The van der Waals surface area contributed by atoms with Crippen LogP contribution in [0.5, 0.6) is 0 Å². The van der Waals surface area contributed by atoms with Crippen molar-refractivity contribution in [2.75, 3.05) is 39.4 Å². The molecule has 9 heteroatoms. The third kappa shape index (κ3) is 4.18. The lowest BCUT2D eigenvalue weighted by Gasteiger charge is -2.26. The van der Waals surface area contributed by atoms with Gasteiger partial charge >= 0.3 is 0 Å². The Bertz CT molecular complexity index is 1160. The van der Waals surface area contributed by atoms with Gasteiger partial charge in [-0.1, -0.05) is 12.1 Å². The zero-order valence-electron chi connectivity index (χ0n) is 17.0. The van der Waals surface area contributed by atoms with Gasteiger partial charge in [0.2, 0.25) is 0 Å². The molecule has 0 atom stereocenters. The van der Waals surface area contributed by atoms with E-state index in [0.29, 0.717) is 17.9 Å². The first kappa shape index (κ1) is 19.4. The Morgan fingerprint density at radius 3 is 2.74 bits per heavy atom. The van der Waals surface area contributed by atoms with Gasteiger partial charge in [-0.15, -0.1) is 0 Å². The van der Waals surface area contributed by atoms with E-state index in [0.717, 1.165) is 55.0 Å². The van der Waals surface area contributed by atoms with Gasteiger partial charge in [-0.05, 0) is 30.3 Å². The Balaban J connectivity index is 1.28. The number of fused-ring (bicyclic) bond motifs is 1. The summed E-state index contributed by atoms with van der Waals surface area (Å²) in [7, 11) is 0. The van der Waals surface area contributed by atoms with Crippen molar-refractivity contribution in [2.45, 2.75) is 0 Å². The van der Waals surface area contributed by atoms with Crippen molar-refractivity contribution in [3.05, 3.63) is 60.6 Å². The maximum absolute atomic E-state index is 12.5. The van der Waals surface area contributed by atoms with E-state index in [1.54, 1.807) is 0 Å². The molecule has 1 aliphatic rings. The number of amides is 1. The first-order chi connectivity index (χ1) is 15.3. The number of aromatic nitrogens is 5. The van der Waals surface area contributed by atoms with Crippen molar-refractivity contribution in [1.29, 1.82) is 0 Å². The Kier molecular flexibility index (Phi) is 5.42. The van der Waals surface area contributed by atoms with Gasteiger partial charge in [-0.3, -0.25) is 14.8 Å². The molecule has 3 heterocycles. The molecule has 4 aromatic rings. The fourth-order valence-electron chi connectivity index (χ4n) is 3.72. The zero-order valence-corrected chi connectivity index (χ0v) is 17.0. The maximum atomic E-state index is 12.5. The summed E-state index contributed by atoms with van der Waals surface area (Å²) in [4.78, 5) is 19.0. The second-order valence-electron chi connectivity index (χ2n) is 7.42. The molecular weight excluding hydrogens is 394 g/mol. The highest BCUT2D eigenvalue weighted by molar-refractivity contribution is 5.94. The lowest BCUT2D eigenvalue weighted by Crippen LogP contribution is -2.41. The van der Waals surface area contributed by atoms with Gasteiger partial charge in [-0.25, -0.2) is 9.67 Å². The predicted octanol–water partition coefficient (Wildman–Crippen LogP) is 1.87. The van der Waals surface area contributed by atoms with Crippen molar-refractivity contribution >= 4 is 16.8 Å². The number of morpholine rings is 1. The summed E-state index contributed by atoms with van der Waals surface area (Å²) in [5.41, 5.74) is 3.40. The number of nitrogens with one attached hydrogen (secondary N) is 2. The molecule has 1 fully saturated rings. The second-order valence-corrected chi connectivity index (χ2v) is 7.42. The summed E-state index contributed by atoms with van der Waals surface area (Å²) in [6.07, 6.45) is 3.31. The van der Waals surface area contributed by atoms with Crippen LogP contribution in [0.25, 0.3) is 28.0 Å². The molecule has 31 heavy (non-hydrogen) atoms. The first-order valence-electron chi connectivity index (χ1n) is 10.3. The highest BCUT2D eigenvalue weighted by Gasteiger charge is 2.12. The quantitative estimate of drug-likeness (QED) is 0.497. The summed E-state index contributed by atoms with van der Waals surface area (Å²) >= 11 is 0. The molecule has 0 unspecified atom stereocenters. The Morgan fingerprint density at radius 2 is 1.97 bits per heavy atom. The van der Waals surface area contributed by atoms with E-state index < -0.39 is 0 Å². The van der Waals surface area contributed by atoms with E-state index in [-0.39, 0.29) is 5.91 Å². The minimum Gasteiger partial charge on any atom is -0.379 e. The molecule has 5 rings (SSSR count). The SMILES string of the molecule is O=C(NCCN1CCOCC1)c1ccc(-n2ncc3ccc(-c4ncn[nH]4)cc32)cc1. The van der Waals surface area contributed by atoms with Crippen molar-refractivity contribution < 1.29 is 9.53 Å². The lowest BCUT2D eigenvalue weighted by molar-refractivity contribution is 0.0383. The number of hydrogen-bond donors (Lipinski definition) is 2. The molecule has 0 aliphatic carbocycles. The smallest absolute Gasteiger partial charge is 0.251 e. The third-order valence-corrected chi connectivity index (χ3v) is 5.45. The minimum absolute atomic E-state index is 0.0715. The van der Waals surface area contributed by atoms with Crippen LogP contribution in [0.15, 0.2) is 55.0 Å². The van der Waals surface area contributed by atoms with Crippen LogP contribution in [0.1, 0.15) is 10.4 Å². The number of aromatic amines is 1. The van der Waals surface area contributed by atoms with E-state index in [2.05, 4.69) is 30.5 Å². The number of hydrogen-bond acceptors (Lipinski definition) is 6. The van der Waals surface area contributed by atoms with Crippen LogP contribution >= 0.6 is 0 Å². The van der Waals surface area contributed by atoms with Crippen molar-refractivity contribution in [3.63, 3.8) is 0 Å². The molecule has 0 bridgehead atoms. The fourth-order valence-corrected chi connectivity index (χ4v) is 3.72. The van der Waals surface area contributed by atoms with Gasteiger partial charge in [0, 0.05) is 42.7 Å². The molecular formula is C22H23N7O2. The number of benzene rings is 2. The molecule has 0 saturated carbocycles. The highest BCUT2D eigenvalue weighted by atomic mass is 16.5. The Morgan fingerprint density at radius 1 is 1.13 bits per heavy atom. The Hall–Kier alpha value is -3.56. The second kappa shape index (κ2) is 8.66. The van der Waals surface area contributed by atoms with Crippen molar-refractivity contribution in [3.8, 4) is 17.1 Å². The van der Waals surface area contributed by atoms with Gasteiger partial charge in [0.25, 0.3) is 5.91 Å². The van der Waals surface area contributed by atoms with Crippen LogP contribution in [0.4, 0.5) is 0 Å². The number of rotatable bonds is 6. The average Bonchev–Trinajstić information content (AvgIpc) is 3.50. The van der Waals surface area contributed by atoms with Gasteiger partial charge < -0.3 is 10.1 Å². The summed E-state index contributed by atoms with van der Waals surface area (Å²) in [5, 5.41) is 15.3. The van der Waals surface area contributed by atoms with E-state index in [4.69, 9.17) is 4.74 Å². The van der Waals surface area contributed by atoms with Crippen molar-refractivity contribution in [2.24, 2.45) is 0 Å². The van der Waals surface area contributed by atoms with E-state index in [9.17, 15) is 4.79 Å². The summed E-state index contributed by atoms with van der Waals surface area (Å²) in [5.74, 6) is 0.636. The molecule has 2 aromatic carbocycles. The molecule has 0 spiro atoms. The van der Waals surface area contributed by atoms with E-state index in [1.807, 2.05) is 53.3 Å². The van der Waals surface area contributed by atoms with Gasteiger partial charge in [0.15, 0.2) is 5.82 Å². The molecule has 0 radical (unpaired) electrons. The summed E-state index contributed by atoms with van der Waals surface area (Å²) in [6.45, 7) is 4.81. The number of carbonyl (C=O) groups is 1. The van der Waals surface area contributed by atoms with E-state index in [1.165, 1.54) is 6.33 Å². The zero-order chi connectivity index (χ0) is 21.0. The van der Waals surface area contributed by atoms with Gasteiger partial charge in [-0.2, -0.15) is 10.2 Å². The van der Waals surface area contributed by atoms with Gasteiger partial charge in [0.05, 0.1) is 30.6 Å². The molecule has 158 valence electrons. The molecule has 1 saturated heterocycles. The van der Waals surface area contributed by atoms with Crippen LogP contribution in [-0.4, -0.2) is 75.2 Å². The monoisotopic (exact) mass is 417 g/mol. The number of carbonyl (C=O) groups excluding carboxylic acids is 1. The molecule has 2 aromatic heterocycles. The number of ether oxygens (including phenoxy) is 1. The first-order valence-corrected chi connectivity index (χ1v) is 10.3. The van der Waals surface area contributed by atoms with Crippen LogP contribution in [0.3, 0.4) is 0 Å². The topological polar surface area (TPSA) is 101 Å². The Labute approximate surface area is 179 Å². The molecule has 1 aliphatic heterocycles. The largest absolute Gasteiger partial charge is 0.379 e. The lowest BCUT2D eigenvalue weighted by atomic mass is 10.1. The van der Waals surface area contributed by atoms with Crippen LogP contribution in [0.2, 0.25) is 0 Å². The molecule has 2 N–H and O–H groups in total. The van der Waals surface area contributed by atoms with Gasteiger partial charge in [0.1, 0.15) is 6.33 Å². The maximum Gasteiger partial charge on any atom is 0.251 e. The summed E-state index contributed by atoms with van der Waals surface area (Å²) in [6, 6.07) is 13.5. The van der Waals surface area contributed by atoms with Crippen molar-refractivity contribution in [1.82, 2.24) is 35.2 Å². The standard InChI is InChI=1S/C22H23N7O2/c30-22(23-7-8-28-9-11-31-12-10-28)16-3-5-19(6-4-16)29-20-13-17(21-24-15-25-27-21)1-2-18(20)14-26-29/h1-6,13-15H,7-12H2,(H,23,30)(H,24,25,27). The van der Waals surface area contributed by atoms with Crippen LogP contribution in [0, 0.1) is 0 Å². The molecule has 9 nitrogen and oxygen atoms in total. The average molecular weight is 417 g/mol. The third-order valence-electron chi connectivity index (χ3n) is 5.45. The van der Waals surface area contributed by atoms with Crippen LogP contribution < -0.4 is 5.32 Å². The minimum atomic E-state index is -0.0715. The van der Waals surface area contributed by atoms with Crippen LogP contribution in [-0.2, 0) is 4.74 Å². The highest BCUT2D eigenvalue weighted by Crippen LogP contribution is 2.24. The number of nitrogens with zero attached hydrogens (tertiary/aromatic N) is 5. The fraction of sp³-hybridized carbons (Fsp3) is 0.273. The van der Waals surface area contributed by atoms with E-state index >= 15 is 0 Å². The normalized spacial score (nSPS) is 14.7.